The molecule has 0 aromatic heterocycles. The molecule has 0 heterocycles. The van der Waals surface area contributed by atoms with Crippen molar-refractivity contribution in [1.29, 1.82) is 10.5 Å². The van der Waals surface area contributed by atoms with Crippen LogP contribution in [-0.2, 0) is 21.1 Å². The van der Waals surface area contributed by atoms with Crippen LogP contribution >= 0.6 is 0 Å². The second-order valence-electron chi connectivity index (χ2n) is 10.7. The highest BCUT2D eigenvalue weighted by Gasteiger charge is 2.44. The van der Waals surface area contributed by atoms with Crippen LogP contribution in [0.15, 0.2) is 77.7 Å². The number of nitrogens with one attached hydrogen (secondary N) is 2. The van der Waals surface area contributed by atoms with Crippen LogP contribution in [-0.4, -0.2) is 44.5 Å². The molecule has 1 amide bonds. The van der Waals surface area contributed by atoms with Gasteiger partial charge >= 0.3 is 6.18 Å². The summed E-state index contributed by atoms with van der Waals surface area (Å²) in [6.07, 6.45) is -4.39. The van der Waals surface area contributed by atoms with Crippen LogP contribution in [0.5, 0.6) is 0 Å². The standard InChI is InChI=1S/C31H30F4N4O3S/c1-30(2,32)17-27(29(40)38-25(19-37)16-20-4-6-21(18-36)7-5-20)39-28(31(33,34)35)24-10-8-22(9-11-24)23-12-14-26(15-13-23)43(3,41)42/h4-15,25,27-28,39H,16-17H2,1-3H3,(H,38,40)/t25-,27-,28-/m0/s1. The van der Waals surface area contributed by atoms with Gasteiger partial charge in [0.25, 0.3) is 0 Å². The van der Waals surface area contributed by atoms with E-state index in [4.69, 9.17) is 5.26 Å². The highest BCUT2D eigenvalue weighted by molar-refractivity contribution is 7.90. The lowest BCUT2D eigenvalue weighted by molar-refractivity contribution is -0.161. The average Bonchev–Trinajstić information content (AvgIpc) is 2.93. The number of rotatable bonds is 11. The number of carbonyl (C=O) groups excluding carboxylic acids is 1. The van der Waals surface area contributed by atoms with Crippen molar-refractivity contribution in [2.45, 2.75) is 61.6 Å². The Morgan fingerprint density at radius 3 is 1.86 bits per heavy atom. The summed E-state index contributed by atoms with van der Waals surface area (Å²) >= 11 is 0. The monoisotopic (exact) mass is 614 g/mol. The minimum atomic E-state index is -4.87. The van der Waals surface area contributed by atoms with Gasteiger partial charge in [-0.3, -0.25) is 10.1 Å². The zero-order valence-electron chi connectivity index (χ0n) is 23.6. The molecule has 0 aliphatic rings. The van der Waals surface area contributed by atoms with Gasteiger partial charge < -0.3 is 5.32 Å². The molecule has 226 valence electrons. The Bertz CT molecular complexity index is 1600. The van der Waals surface area contributed by atoms with E-state index in [2.05, 4.69) is 10.6 Å². The molecule has 0 radical (unpaired) electrons. The molecule has 12 heteroatoms. The number of nitrogens with zero attached hydrogens (tertiary/aromatic N) is 2. The third-order valence-electron chi connectivity index (χ3n) is 6.56. The van der Waals surface area contributed by atoms with Gasteiger partial charge in [0.2, 0.25) is 5.91 Å². The Labute approximate surface area is 248 Å². The largest absolute Gasteiger partial charge is 0.407 e. The summed E-state index contributed by atoms with van der Waals surface area (Å²) in [4.78, 5) is 13.3. The molecule has 7 nitrogen and oxygen atoms in total. The second-order valence-corrected chi connectivity index (χ2v) is 12.8. The first-order valence-corrected chi connectivity index (χ1v) is 15.0. The van der Waals surface area contributed by atoms with Gasteiger partial charge in [0, 0.05) is 19.1 Å². The van der Waals surface area contributed by atoms with Crippen LogP contribution in [0.3, 0.4) is 0 Å². The lowest BCUT2D eigenvalue weighted by Gasteiger charge is -2.30. The first-order chi connectivity index (χ1) is 20.0. The molecule has 3 atom stereocenters. The van der Waals surface area contributed by atoms with Crippen LogP contribution in [0.1, 0.15) is 43.0 Å². The van der Waals surface area contributed by atoms with Gasteiger partial charge in [-0.2, -0.15) is 23.7 Å². The molecule has 0 fully saturated rings. The molecule has 3 aromatic carbocycles. The molecule has 0 aliphatic heterocycles. The quantitative estimate of drug-likeness (QED) is 0.272. The van der Waals surface area contributed by atoms with E-state index < -0.39 is 52.1 Å². The van der Waals surface area contributed by atoms with Crippen molar-refractivity contribution in [1.82, 2.24) is 10.6 Å². The van der Waals surface area contributed by atoms with E-state index in [0.29, 0.717) is 22.3 Å². The maximum absolute atomic E-state index is 14.7. The van der Waals surface area contributed by atoms with Crippen LogP contribution in [0, 0.1) is 22.7 Å². The summed E-state index contributed by atoms with van der Waals surface area (Å²) in [5, 5.41) is 23.2. The van der Waals surface area contributed by atoms with Crippen LogP contribution in [0.25, 0.3) is 11.1 Å². The first-order valence-electron chi connectivity index (χ1n) is 13.1. The van der Waals surface area contributed by atoms with E-state index in [1.54, 1.807) is 12.1 Å². The van der Waals surface area contributed by atoms with E-state index in [9.17, 15) is 36.0 Å². The van der Waals surface area contributed by atoms with Crippen molar-refractivity contribution in [2.24, 2.45) is 0 Å². The molecular weight excluding hydrogens is 584 g/mol. The van der Waals surface area contributed by atoms with E-state index in [1.165, 1.54) is 60.7 Å². The maximum atomic E-state index is 14.7. The molecule has 0 bridgehead atoms. The molecule has 0 unspecified atom stereocenters. The molecule has 3 aromatic rings. The number of benzene rings is 3. The Morgan fingerprint density at radius 1 is 0.884 bits per heavy atom. The van der Waals surface area contributed by atoms with Crippen molar-refractivity contribution in [3.8, 4) is 23.3 Å². The summed E-state index contributed by atoms with van der Waals surface area (Å²) in [7, 11) is -3.42. The van der Waals surface area contributed by atoms with Gasteiger partial charge in [-0.05, 0) is 60.4 Å². The van der Waals surface area contributed by atoms with E-state index >= 15 is 0 Å². The van der Waals surface area contributed by atoms with Crippen molar-refractivity contribution in [3.05, 3.63) is 89.5 Å². The average molecular weight is 615 g/mol. The summed E-state index contributed by atoms with van der Waals surface area (Å²) < 4.78 is 81.0. The van der Waals surface area contributed by atoms with Crippen molar-refractivity contribution in [3.63, 3.8) is 0 Å². The predicted molar refractivity (Wildman–Crippen MR) is 153 cm³/mol. The highest BCUT2D eigenvalue weighted by Crippen LogP contribution is 2.35. The number of alkyl halides is 4. The summed E-state index contributed by atoms with van der Waals surface area (Å²) in [6, 6.07) is 16.2. The number of carbonyl (C=O) groups is 1. The topological polar surface area (TPSA) is 123 Å². The maximum Gasteiger partial charge on any atom is 0.407 e. The molecule has 2 N–H and O–H groups in total. The molecule has 0 spiro atoms. The number of amides is 1. The Balaban J connectivity index is 1.84. The lowest BCUT2D eigenvalue weighted by atomic mass is 9.96. The Morgan fingerprint density at radius 2 is 1.42 bits per heavy atom. The molecule has 43 heavy (non-hydrogen) atoms. The van der Waals surface area contributed by atoms with Crippen LogP contribution in [0.4, 0.5) is 17.6 Å². The van der Waals surface area contributed by atoms with E-state index in [-0.39, 0.29) is 16.9 Å². The molecule has 0 aliphatic carbocycles. The zero-order chi connectivity index (χ0) is 32.0. The summed E-state index contributed by atoms with van der Waals surface area (Å²) in [5.41, 5.74) is -0.136. The van der Waals surface area contributed by atoms with E-state index in [1.807, 2.05) is 12.1 Å². The van der Waals surface area contributed by atoms with Gasteiger partial charge in [0.05, 0.1) is 28.6 Å². The third kappa shape index (κ3) is 9.63. The SMILES string of the molecule is CC(C)(F)C[C@H](N[C@@H](c1ccc(-c2ccc(S(C)(=O)=O)cc2)cc1)C(F)(F)F)C(=O)N[C@H](C#N)Cc1ccc(C#N)cc1. The summed E-state index contributed by atoms with van der Waals surface area (Å²) in [6.45, 7) is 2.28. The highest BCUT2D eigenvalue weighted by atomic mass is 32.2. The van der Waals surface area contributed by atoms with Crippen molar-refractivity contribution in [2.75, 3.05) is 6.26 Å². The lowest BCUT2D eigenvalue weighted by Crippen LogP contribution is -2.53. The molecular formula is C31H30F4N4O3S. The smallest absolute Gasteiger partial charge is 0.339 e. The number of hydrogen-bond donors (Lipinski definition) is 2. The molecule has 0 saturated heterocycles. The van der Waals surface area contributed by atoms with Gasteiger partial charge in [-0.1, -0.05) is 48.5 Å². The summed E-state index contributed by atoms with van der Waals surface area (Å²) in [5.74, 6) is -0.970. The zero-order valence-corrected chi connectivity index (χ0v) is 24.4. The second kappa shape index (κ2) is 13.4. The van der Waals surface area contributed by atoms with Gasteiger partial charge in [-0.15, -0.1) is 0 Å². The minimum absolute atomic E-state index is 0.0228. The minimum Gasteiger partial charge on any atom is -0.339 e. The van der Waals surface area contributed by atoms with Crippen molar-refractivity contribution < 1.29 is 30.8 Å². The fraction of sp³-hybridized carbons (Fsp3) is 0.323. The fourth-order valence-corrected chi connectivity index (χ4v) is 5.04. The third-order valence-corrected chi connectivity index (χ3v) is 7.68. The van der Waals surface area contributed by atoms with Gasteiger partial charge in [0.1, 0.15) is 17.8 Å². The molecule has 0 saturated carbocycles. The number of nitriles is 2. The Kier molecular flexibility index (Phi) is 10.3. The van der Waals surface area contributed by atoms with Crippen molar-refractivity contribution >= 4 is 15.7 Å². The predicted octanol–water partition coefficient (Wildman–Crippen LogP) is 5.58. The number of sulfone groups is 1. The fourth-order valence-electron chi connectivity index (χ4n) is 4.41. The number of hydrogen-bond acceptors (Lipinski definition) is 6. The van der Waals surface area contributed by atoms with Gasteiger partial charge in [-0.25, -0.2) is 12.8 Å². The normalized spacial score (nSPS) is 14.2. The van der Waals surface area contributed by atoms with Gasteiger partial charge in [0.15, 0.2) is 9.84 Å². The van der Waals surface area contributed by atoms with Crippen LogP contribution in [0.2, 0.25) is 0 Å². The van der Waals surface area contributed by atoms with Crippen LogP contribution < -0.4 is 10.6 Å². The van der Waals surface area contributed by atoms with E-state index in [0.717, 1.165) is 20.1 Å². The number of halogens is 4. The Hall–Kier alpha value is -4.26. The first kappa shape index (κ1) is 33.2. The molecule has 3 rings (SSSR count).